The molecule has 1 saturated heterocycles. The fourth-order valence-corrected chi connectivity index (χ4v) is 3.28. The first-order valence-electron chi connectivity index (χ1n) is 9.09. The number of aryl methyl sites for hydroxylation is 1. The summed E-state index contributed by atoms with van der Waals surface area (Å²) >= 11 is 0. The number of rotatable bonds is 8. The molecule has 1 aromatic heterocycles. The van der Waals surface area contributed by atoms with Gasteiger partial charge in [0, 0.05) is 32.4 Å². The molecule has 0 saturated carbocycles. The molecule has 9 nitrogen and oxygen atoms in total. The van der Waals surface area contributed by atoms with E-state index in [4.69, 9.17) is 0 Å². The molecule has 29 heavy (non-hydrogen) atoms. The van der Waals surface area contributed by atoms with Crippen molar-refractivity contribution in [2.24, 2.45) is 7.05 Å². The molecular weight excluding hydrogens is 395 g/mol. The van der Waals surface area contributed by atoms with Crippen LogP contribution in [0.25, 0.3) is 0 Å². The van der Waals surface area contributed by atoms with E-state index in [0.717, 1.165) is 15.7 Å². The second kappa shape index (κ2) is 8.01. The molecule has 4 amide bonds. The number of aromatic nitrogens is 2. The average Bonchev–Trinajstić information content (AvgIpc) is 3.17. The molecule has 12 heteroatoms. The summed E-state index contributed by atoms with van der Waals surface area (Å²) in [7, 11) is 1.31. The summed E-state index contributed by atoms with van der Waals surface area (Å²) in [6, 6.07) is -0.728. The van der Waals surface area contributed by atoms with Crippen LogP contribution in [0.2, 0.25) is 0 Å². The molecule has 0 aromatic carbocycles. The van der Waals surface area contributed by atoms with Gasteiger partial charge in [-0.2, -0.15) is 13.2 Å². The molecule has 0 spiro atoms. The van der Waals surface area contributed by atoms with Crippen LogP contribution in [-0.4, -0.2) is 62.2 Å². The van der Waals surface area contributed by atoms with Crippen LogP contribution in [0, 0.1) is 0 Å². The van der Waals surface area contributed by atoms with E-state index >= 15 is 0 Å². The van der Waals surface area contributed by atoms with Crippen molar-refractivity contribution in [3.05, 3.63) is 18.2 Å². The maximum absolute atomic E-state index is 13.4. The fraction of sp³-hybridized carbons (Fsp3) is 0.647. The second-order valence-corrected chi connectivity index (χ2v) is 6.93. The van der Waals surface area contributed by atoms with Crippen molar-refractivity contribution in [1.82, 2.24) is 25.1 Å². The quantitative estimate of drug-likeness (QED) is 0.539. The fourth-order valence-electron chi connectivity index (χ4n) is 3.28. The van der Waals surface area contributed by atoms with Gasteiger partial charge in [-0.1, -0.05) is 13.8 Å². The lowest BCUT2D eigenvalue weighted by Crippen LogP contribution is -2.48. The molecule has 1 fully saturated rings. The summed E-state index contributed by atoms with van der Waals surface area (Å²) in [6.07, 6.45) is -2.85. The van der Waals surface area contributed by atoms with Crippen LogP contribution in [0.4, 0.5) is 18.0 Å². The minimum Gasteiger partial charge on any atom is -0.374 e. The zero-order chi connectivity index (χ0) is 22.0. The van der Waals surface area contributed by atoms with E-state index in [1.54, 1.807) is 13.8 Å². The number of carbonyl (C=O) groups is 3. The predicted molar refractivity (Wildman–Crippen MR) is 94.3 cm³/mol. The molecule has 0 aliphatic carbocycles. The van der Waals surface area contributed by atoms with E-state index in [1.165, 1.54) is 13.2 Å². The Labute approximate surface area is 165 Å². The minimum atomic E-state index is -5.02. The van der Waals surface area contributed by atoms with E-state index in [9.17, 15) is 32.7 Å². The van der Waals surface area contributed by atoms with Gasteiger partial charge in [0.2, 0.25) is 11.5 Å². The van der Waals surface area contributed by atoms with Crippen LogP contribution < -0.4 is 10.6 Å². The van der Waals surface area contributed by atoms with Crippen LogP contribution in [0.1, 0.15) is 38.9 Å². The van der Waals surface area contributed by atoms with Crippen molar-refractivity contribution in [3.63, 3.8) is 0 Å². The number of urea groups is 1. The second-order valence-electron chi connectivity index (χ2n) is 6.93. The SMILES string of the molecule is CCC1(CC)NC(=O)N(CC(=O)NCCC(O)(c2nccn2C)C(F)(F)F)C1=O. The van der Waals surface area contributed by atoms with E-state index in [1.807, 2.05) is 0 Å². The van der Waals surface area contributed by atoms with Crippen molar-refractivity contribution in [2.75, 3.05) is 13.1 Å². The Bertz CT molecular complexity index is 790. The Kier molecular flexibility index (Phi) is 6.26. The van der Waals surface area contributed by atoms with E-state index in [2.05, 4.69) is 15.6 Å². The zero-order valence-corrected chi connectivity index (χ0v) is 16.3. The number of hydrogen-bond donors (Lipinski definition) is 3. The number of halogens is 3. The molecule has 1 aliphatic rings. The van der Waals surface area contributed by atoms with Gasteiger partial charge in [-0.15, -0.1) is 0 Å². The van der Waals surface area contributed by atoms with Crippen LogP contribution in [0.5, 0.6) is 0 Å². The highest BCUT2D eigenvalue weighted by molar-refractivity contribution is 6.08. The highest BCUT2D eigenvalue weighted by Crippen LogP contribution is 2.40. The van der Waals surface area contributed by atoms with Crippen molar-refractivity contribution in [3.8, 4) is 0 Å². The molecule has 3 N–H and O–H groups in total. The lowest BCUT2D eigenvalue weighted by atomic mass is 9.93. The van der Waals surface area contributed by atoms with Crippen molar-refractivity contribution < 1.29 is 32.7 Å². The molecule has 1 aromatic rings. The van der Waals surface area contributed by atoms with Gasteiger partial charge in [0.05, 0.1) is 0 Å². The largest absolute Gasteiger partial charge is 0.424 e. The lowest BCUT2D eigenvalue weighted by Gasteiger charge is -2.30. The van der Waals surface area contributed by atoms with Gasteiger partial charge in [-0.3, -0.25) is 14.5 Å². The van der Waals surface area contributed by atoms with Crippen LogP contribution >= 0.6 is 0 Å². The zero-order valence-electron chi connectivity index (χ0n) is 16.3. The molecule has 1 unspecified atom stereocenters. The number of hydrogen-bond acceptors (Lipinski definition) is 5. The Morgan fingerprint density at radius 3 is 2.38 bits per heavy atom. The predicted octanol–water partition coefficient (Wildman–Crippen LogP) is 0.787. The minimum absolute atomic E-state index is 0.342. The summed E-state index contributed by atoms with van der Waals surface area (Å²) in [5.74, 6) is -1.98. The standard InChI is InChI=1S/C17H24F3N5O4/c1-4-15(5-2)13(27)25(14(28)23-15)10-11(26)21-7-6-16(29,17(18,19)20)12-22-8-9-24(12)3/h8-9,29H,4-7,10H2,1-3H3,(H,21,26)(H,23,28). The lowest BCUT2D eigenvalue weighted by molar-refractivity contribution is -0.272. The first kappa shape index (κ1) is 22.7. The van der Waals surface area contributed by atoms with Crippen LogP contribution in [-0.2, 0) is 22.2 Å². The summed E-state index contributed by atoms with van der Waals surface area (Å²) < 4.78 is 41.4. The number of amides is 4. The summed E-state index contributed by atoms with van der Waals surface area (Å²) in [5, 5.41) is 15.0. The molecule has 0 bridgehead atoms. The number of imide groups is 1. The summed E-state index contributed by atoms with van der Waals surface area (Å²) in [4.78, 5) is 40.9. The van der Waals surface area contributed by atoms with Crippen molar-refractivity contribution >= 4 is 17.8 Å². The molecule has 1 atom stereocenters. The normalized spacial score (nSPS) is 18.5. The monoisotopic (exact) mass is 419 g/mol. The van der Waals surface area contributed by atoms with Crippen molar-refractivity contribution in [2.45, 2.75) is 50.4 Å². The maximum Gasteiger partial charge on any atom is 0.424 e. The van der Waals surface area contributed by atoms with Gasteiger partial charge in [-0.05, 0) is 12.8 Å². The van der Waals surface area contributed by atoms with E-state index in [-0.39, 0.29) is 0 Å². The molecule has 2 rings (SSSR count). The highest BCUT2D eigenvalue weighted by atomic mass is 19.4. The molecule has 0 radical (unpaired) electrons. The number of nitrogens with one attached hydrogen (secondary N) is 2. The third-order valence-electron chi connectivity index (χ3n) is 5.22. The Balaban J connectivity index is 2.01. The van der Waals surface area contributed by atoms with Gasteiger partial charge in [0.15, 0.2) is 0 Å². The number of imidazole rings is 1. The third-order valence-corrected chi connectivity index (χ3v) is 5.22. The van der Waals surface area contributed by atoms with E-state index in [0.29, 0.717) is 12.8 Å². The molecular formula is C17H24F3N5O4. The van der Waals surface area contributed by atoms with E-state index < -0.39 is 60.5 Å². The topological polar surface area (TPSA) is 117 Å². The third kappa shape index (κ3) is 4.07. The number of alkyl halides is 3. The Morgan fingerprint density at radius 1 is 1.31 bits per heavy atom. The molecule has 1 aliphatic heterocycles. The number of aliphatic hydroxyl groups is 1. The first-order valence-corrected chi connectivity index (χ1v) is 9.09. The van der Waals surface area contributed by atoms with Gasteiger partial charge in [0.25, 0.3) is 5.91 Å². The molecule has 2 heterocycles. The Morgan fingerprint density at radius 2 is 1.93 bits per heavy atom. The maximum atomic E-state index is 13.4. The van der Waals surface area contributed by atoms with Gasteiger partial charge in [0.1, 0.15) is 17.9 Å². The molecule has 162 valence electrons. The highest BCUT2D eigenvalue weighted by Gasteiger charge is 2.57. The van der Waals surface area contributed by atoms with Gasteiger partial charge < -0.3 is 20.3 Å². The summed E-state index contributed by atoms with van der Waals surface area (Å²) in [5.41, 5.74) is -4.34. The van der Waals surface area contributed by atoms with Crippen LogP contribution in [0.15, 0.2) is 12.4 Å². The Hall–Kier alpha value is -2.63. The number of nitrogens with zero attached hydrogens (tertiary/aromatic N) is 3. The van der Waals surface area contributed by atoms with Crippen molar-refractivity contribution in [1.29, 1.82) is 0 Å². The first-order chi connectivity index (χ1) is 13.4. The smallest absolute Gasteiger partial charge is 0.374 e. The number of carbonyl (C=O) groups excluding carboxylic acids is 3. The van der Waals surface area contributed by atoms with Gasteiger partial charge >= 0.3 is 12.2 Å². The van der Waals surface area contributed by atoms with Gasteiger partial charge in [-0.25, -0.2) is 9.78 Å². The van der Waals surface area contributed by atoms with Crippen LogP contribution in [0.3, 0.4) is 0 Å². The summed E-state index contributed by atoms with van der Waals surface area (Å²) in [6.45, 7) is 2.28. The average molecular weight is 419 g/mol.